The van der Waals surface area contributed by atoms with Crippen molar-refractivity contribution in [2.24, 2.45) is 0 Å². The van der Waals surface area contributed by atoms with E-state index >= 15 is 0 Å². The summed E-state index contributed by atoms with van der Waals surface area (Å²) >= 11 is 0. The van der Waals surface area contributed by atoms with Gasteiger partial charge in [0.15, 0.2) is 0 Å². The van der Waals surface area contributed by atoms with Crippen LogP contribution < -0.4 is 4.90 Å². The van der Waals surface area contributed by atoms with Crippen LogP contribution in [0, 0.1) is 5.82 Å². The van der Waals surface area contributed by atoms with Crippen LogP contribution in [0.2, 0.25) is 0 Å². The molecule has 0 radical (unpaired) electrons. The Balaban J connectivity index is 1.40. The first-order chi connectivity index (χ1) is 14.3. The lowest BCUT2D eigenvalue weighted by Crippen LogP contribution is -2.44. The molecule has 5 nitrogen and oxygen atoms in total. The van der Waals surface area contributed by atoms with Crippen molar-refractivity contribution in [3.8, 4) is 0 Å². The highest BCUT2D eigenvalue weighted by atomic mass is 19.1. The summed E-state index contributed by atoms with van der Waals surface area (Å²) in [6, 6.07) is 12.3. The van der Waals surface area contributed by atoms with Gasteiger partial charge in [-0.2, -0.15) is 0 Å². The summed E-state index contributed by atoms with van der Waals surface area (Å²) in [7, 11) is 0. The van der Waals surface area contributed by atoms with Gasteiger partial charge in [0.1, 0.15) is 5.82 Å². The van der Waals surface area contributed by atoms with Gasteiger partial charge in [0.25, 0.3) is 0 Å². The molecule has 0 saturated carbocycles. The van der Waals surface area contributed by atoms with Gasteiger partial charge in [-0.05, 0) is 49.4 Å². The average molecular weight is 413 g/mol. The zero-order chi connectivity index (χ0) is 21.5. The van der Waals surface area contributed by atoms with Crippen molar-refractivity contribution in [2.75, 3.05) is 24.5 Å². The van der Waals surface area contributed by atoms with Crippen molar-refractivity contribution in [1.82, 2.24) is 4.90 Å². The van der Waals surface area contributed by atoms with E-state index in [0.717, 1.165) is 23.2 Å². The van der Waals surface area contributed by atoms with Gasteiger partial charge in [-0.15, -0.1) is 0 Å². The van der Waals surface area contributed by atoms with E-state index in [0.29, 0.717) is 38.0 Å². The number of rotatable bonds is 4. The predicted molar refractivity (Wildman–Crippen MR) is 114 cm³/mol. The molecule has 2 aromatic rings. The summed E-state index contributed by atoms with van der Waals surface area (Å²) in [5, 5.41) is 21.7. The molecule has 0 aromatic heterocycles. The van der Waals surface area contributed by atoms with Gasteiger partial charge < -0.3 is 20.0 Å². The van der Waals surface area contributed by atoms with Gasteiger partial charge in [-0.3, -0.25) is 4.79 Å². The van der Waals surface area contributed by atoms with Gasteiger partial charge >= 0.3 is 0 Å². The van der Waals surface area contributed by atoms with Crippen LogP contribution in [0.25, 0.3) is 0 Å². The van der Waals surface area contributed by atoms with E-state index in [2.05, 4.69) is 4.90 Å². The molecule has 2 aliphatic heterocycles. The van der Waals surface area contributed by atoms with Crippen molar-refractivity contribution in [3.05, 3.63) is 65.0 Å². The lowest BCUT2D eigenvalue weighted by molar-refractivity contribution is -0.116. The Bertz CT molecular complexity index is 940. The monoisotopic (exact) mass is 412 g/mol. The van der Waals surface area contributed by atoms with Crippen LogP contribution in [0.3, 0.4) is 0 Å². The number of fused-ring (bicyclic) bond motifs is 1. The molecule has 30 heavy (non-hydrogen) atoms. The fraction of sp³-hybridized carbons (Fsp3) is 0.458. The zero-order valence-electron chi connectivity index (χ0n) is 17.5. The number of amides is 1. The smallest absolute Gasteiger partial charge is 0.224 e. The Kier molecular flexibility index (Phi) is 5.66. The van der Waals surface area contributed by atoms with Crippen molar-refractivity contribution in [1.29, 1.82) is 0 Å². The van der Waals surface area contributed by atoms with Gasteiger partial charge in [0, 0.05) is 43.9 Å². The van der Waals surface area contributed by atoms with Crippen LogP contribution in [-0.4, -0.2) is 46.7 Å². The molecule has 2 aromatic carbocycles. The lowest BCUT2D eigenvalue weighted by atomic mass is 9.84. The number of carbonyl (C=O) groups excluding carboxylic acids is 1. The maximum atomic E-state index is 14.1. The molecule has 1 fully saturated rings. The quantitative estimate of drug-likeness (QED) is 0.810. The van der Waals surface area contributed by atoms with Crippen LogP contribution in [0.5, 0.6) is 0 Å². The summed E-state index contributed by atoms with van der Waals surface area (Å²) in [6.45, 7) is 5.23. The van der Waals surface area contributed by atoms with Gasteiger partial charge in [-0.1, -0.05) is 30.3 Å². The minimum absolute atomic E-state index is 0.0326. The first kappa shape index (κ1) is 21.0. The van der Waals surface area contributed by atoms with Crippen LogP contribution >= 0.6 is 0 Å². The molecule has 2 aliphatic rings. The number of hydrogen-bond donors (Lipinski definition) is 2. The molecule has 4 rings (SSSR count). The SMILES string of the molecule is CC(=O)N1c2ccc([C@H](O)CN3CCC(O)(c4ccccc4F)CC3)cc2C[C@H]1C. The predicted octanol–water partition coefficient (Wildman–Crippen LogP) is 3.14. The largest absolute Gasteiger partial charge is 0.387 e. The lowest BCUT2D eigenvalue weighted by Gasteiger charge is -2.39. The topological polar surface area (TPSA) is 64.0 Å². The maximum absolute atomic E-state index is 14.1. The Labute approximate surface area is 176 Å². The third kappa shape index (κ3) is 3.87. The maximum Gasteiger partial charge on any atom is 0.224 e. The molecular weight excluding hydrogens is 383 g/mol. The highest BCUT2D eigenvalue weighted by Gasteiger charge is 2.36. The molecule has 2 N–H and O–H groups in total. The molecular formula is C24H29FN2O3. The second-order valence-electron chi connectivity index (χ2n) is 8.66. The molecule has 6 heteroatoms. The van der Waals surface area contributed by atoms with E-state index in [-0.39, 0.29) is 17.8 Å². The minimum atomic E-state index is -1.16. The first-order valence-corrected chi connectivity index (χ1v) is 10.6. The number of hydrogen-bond acceptors (Lipinski definition) is 4. The first-order valence-electron chi connectivity index (χ1n) is 10.6. The zero-order valence-corrected chi connectivity index (χ0v) is 17.5. The molecule has 2 atom stereocenters. The molecule has 0 aliphatic carbocycles. The van der Waals surface area contributed by atoms with Crippen molar-refractivity contribution in [3.63, 3.8) is 0 Å². The van der Waals surface area contributed by atoms with Gasteiger partial charge in [0.05, 0.1) is 11.7 Å². The molecule has 0 spiro atoms. The summed E-state index contributed by atoms with van der Waals surface area (Å²) in [4.78, 5) is 15.8. The van der Waals surface area contributed by atoms with E-state index < -0.39 is 11.7 Å². The second kappa shape index (κ2) is 8.10. The van der Waals surface area contributed by atoms with E-state index in [9.17, 15) is 19.4 Å². The number of anilines is 1. The molecule has 2 heterocycles. The van der Waals surface area contributed by atoms with Crippen molar-refractivity contribution < 1.29 is 19.4 Å². The third-order valence-corrected chi connectivity index (χ3v) is 6.53. The van der Waals surface area contributed by atoms with Crippen molar-refractivity contribution in [2.45, 2.75) is 50.9 Å². The van der Waals surface area contributed by atoms with E-state index in [4.69, 9.17) is 0 Å². The number of β-amino-alcohol motifs (C(OH)–C–C–N with tert-alkyl or cyclic N) is 1. The number of halogens is 1. The Morgan fingerprint density at radius 3 is 2.60 bits per heavy atom. The third-order valence-electron chi connectivity index (χ3n) is 6.53. The summed E-state index contributed by atoms with van der Waals surface area (Å²) < 4.78 is 14.1. The fourth-order valence-corrected chi connectivity index (χ4v) is 4.90. The van der Waals surface area contributed by atoms with Crippen LogP contribution in [-0.2, 0) is 16.8 Å². The van der Waals surface area contributed by atoms with Crippen LogP contribution in [0.4, 0.5) is 10.1 Å². The molecule has 0 unspecified atom stereocenters. The Morgan fingerprint density at radius 1 is 1.23 bits per heavy atom. The number of benzene rings is 2. The molecule has 1 saturated heterocycles. The van der Waals surface area contributed by atoms with E-state index in [1.54, 1.807) is 30.0 Å². The molecule has 160 valence electrons. The number of carbonyl (C=O) groups is 1. The van der Waals surface area contributed by atoms with Crippen LogP contribution in [0.15, 0.2) is 42.5 Å². The number of nitrogens with zero attached hydrogens (tertiary/aromatic N) is 2. The number of piperidine rings is 1. The Morgan fingerprint density at radius 2 is 1.93 bits per heavy atom. The fourth-order valence-electron chi connectivity index (χ4n) is 4.90. The number of aliphatic hydroxyl groups excluding tert-OH is 1. The van der Waals surface area contributed by atoms with Gasteiger partial charge in [0.2, 0.25) is 5.91 Å². The summed E-state index contributed by atoms with van der Waals surface area (Å²) in [5.74, 6) is -0.342. The van der Waals surface area contributed by atoms with Crippen molar-refractivity contribution >= 4 is 11.6 Å². The average Bonchev–Trinajstić information content (AvgIpc) is 3.05. The normalized spacial score (nSPS) is 22.0. The standard InChI is InChI=1S/C24H29FN2O3/c1-16-13-19-14-18(7-8-22(19)27(16)17(2)28)23(29)15-26-11-9-24(30,10-12-26)20-5-3-4-6-21(20)25/h3-8,14,16,23,29-30H,9-13,15H2,1-2H3/t16-,23-/m1/s1. The van der Waals surface area contributed by atoms with Gasteiger partial charge in [-0.25, -0.2) is 4.39 Å². The molecule has 0 bridgehead atoms. The number of aliphatic hydroxyl groups is 2. The molecule has 1 amide bonds. The number of likely N-dealkylation sites (tertiary alicyclic amines) is 1. The summed E-state index contributed by atoms with van der Waals surface area (Å²) in [5.41, 5.74) is 2.04. The highest BCUT2D eigenvalue weighted by molar-refractivity contribution is 5.94. The van der Waals surface area contributed by atoms with E-state index in [1.807, 2.05) is 25.1 Å². The summed E-state index contributed by atoms with van der Waals surface area (Å²) in [6.07, 6.45) is 0.984. The minimum Gasteiger partial charge on any atom is -0.387 e. The van der Waals surface area contributed by atoms with Crippen LogP contribution in [0.1, 0.15) is 49.5 Å². The Hall–Kier alpha value is -2.28. The van der Waals surface area contributed by atoms with E-state index in [1.165, 1.54) is 6.07 Å². The highest BCUT2D eigenvalue weighted by Crippen LogP contribution is 2.36. The second-order valence-corrected chi connectivity index (χ2v) is 8.66.